The van der Waals surface area contributed by atoms with Crippen LogP contribution < -0.4 is 10.6 Å². The van der Waals surface area contributed by atoms with Crippen LogP contribution in [0.2, 0.25) is 0 Å². The van der Waals surface area contributed by atoms with E-state index in [1.807, 2.05) is 26.0 Å². The zero-order chi connectivity index (χ0) is 17.4. The Bertz CT molecular complexity index is 685. The monoisotopic (exact) mass is 348 g/mol. The highest BCUT2D eigenvalue weighted by molar-refractivity contribution is 7.15. The summed E-state index contributed by atoms with van der Waals surface area (Å²) in [4.78, 5) is 24.0. The maximum Gasteiger partial charge on any atom is 0.286 e. The van der Waals surface area contributed by atoms with Crippen LogP contribution in [-0.4, -0.2) is 41.8 Å². The number of carbonyl (C=O) groups excluding carboxylic acids is 2. The molecule has 0 aliphatic rings. The molecule has 128 valence electrons. The fourth-order valence-corrected chi connectivity index (χ4v) is 2.48. The molecule has 2 amide bonds. The molecule has 0 aliphatic carbocycles. The van der Waals surface area contributed by atoms with E-state index in [0.717, 1.165) is 23.3 Å². The van der Waals surface area contributed by atoms with Crippen LogP contribution in [0.1, 0.15) is 38.5 Å². The van der Waals surface area contributed by atoms with Crippen molar-refractivity contribution in [1.29, 1.82) is 0 Å². The summed E-state index contributed by atoms with van der Waals surface area (Å²) in [6, 6.07) is 7.41. The number of hydrogen-bond acceptors (Lipinski definition) is 6. The quantitative estimate of drug-likeness (QED) is 0.714. The van der Waals surface area contributed by atoms with Crippen molar-refractivity contribution in [3.05, 3.63) is 39.8 Å². The van der Waals surface area contributed by atoms with Crippen molar-refractivity contribution in [2.24, 2.45) is 0 Å². The lowest BCUT2D eigenvalue weighted by Gasteiger charge is -2.03. The zero-order valence-electron chi connectivity index (χ0n) is 13.7. The van der Waals surface area contributed by atoms with E-state index < -0.39 is 0 Å². The third kappa shape index (κ3) is 5.39. The Morgan fingerprint density at radius 2 is 1.79 bits per heavy atom. The molecule has 0 unspecified atom stereocenters. The van der Waals surface area contributed by atoms with E-state index in [1.54, 1.807) is 12.1 Å². The number of rotatable bonds is 8. The molecule has 0 saturated heterocycles. The smallest absolute Gasteiger partial charge is 0.286 e. The summed E-state index contributed by atoms with van der Waals surface area (Å²) in [6.07, 6.45) is 0.721. The molecule has 0 fully saturated rings. The first-order valence-electron chi connectivity index (χ1n) is 7.67. The molecule has 0 radical (unpaired) electrons. The van der Waals surface area contributed by atoms with Gasteiger partial charge in [-0.15, -0.1) is 10.2 Å². The normalized spacial score (nSPS) is 10.4. The van der Waals surface area contributed by atoms with Gasteiger partial charge in [-0.2, -0.15) is 0 Å². The first-order chi connectivity index (χ1) is 11.6. The number of ether oxygens (including phenoxy) is 1. The lowest BCUT2D eigenvalue weighted by atomic mass is 10.2. The van der Waals surface area contributed by atoms with Crippen molar-refractivity contribution in [1.82, 2.24) is 15.5 Å². The lowest BCUT2D eigenvalue weighted by molar-refractivity contribution is 0.0942. The second kappa shape index (κ2) is 9.09. The fraction of sp³-hybridized carbons (Fsp3) is 0.375. The predicted octanol–water partition coefficient (Wildman–Crippen LogP) is 2.26. The maximum atomic E-state index is 12.1. The summed E-state index contributed by atoms with van der Waals surface area (Å²) < 4.78 is 5.19. The third-order valence-corrected chi connectivity index (χ3v) is 4.00. The Balaban J connectivity index is 1.86. The molecular formula is C16H20N4O3S. The van der Waals surface area contributed by atoms with E-state index in [1.165, 1.54) is 0 Å². The maximum absolute atomic E-state index is 12.1. The average molecular weight is 348 g/mol. The van der Waals surface area contributed by atoms with Crippen LogP contribution in [0.4, 0.5) is 5.69 Å². The molecule has 1 aromatic carbocycles. The molecule has 1 heterocycles. The van der Waals surface area contributed by atoms with Crippen molar-refractivity contribution in [2.75, 3.05) is 25.1 Å². The number of anilines is 1. The highest BCUT2D eigenvalue weighted by atomic mass is 32.1. The van der Waals surface area contributed by atoms with Crippen molar-refractivity contribution < 1.29 is 14.3 Å². The van der Waals surface area contributed by atoms with E-state index in [2.05, 4.69) is 20.8 Å². The van der Waals surface area contributed by atoms with E-state index in [0.29, 0.717) is 25.4 Å². The first-order valence-corrected chi connectivity index (χ1v) is 8.49. The van der Waals surface area contributed by atoms with Gasteiger partial charge in [0.1, 0.15) is 0 Å². The SMILES string of the molecule is CCOCCCNC(=O)c1nnc(C(=O)Nc2ccc(C)cc2)s1. The molecule has 0 aliphatic heterocycles. The summed E-state index contributed by atoms with van der Waals surface area (Å²) >= 11 is 0.962. The summed E-state index contributed by atoms with van der Waals surface area (Å²) in [7, 11) is 0. The van der Waals surface area contributed by atoms with Crippen LogP contribution >= 0.6 is 11.3 Å². The van der Waals surface area contributed by atoms with Crippen molar-refractivity contribution in [3.63, 3.8) is 0 Å². The lowest BCUT2D eigenvalue weighted by Crippen LogP contribution is -2.25. The number of aromatic nitrogens is 2. The van der Waals surface area contributed by atoms with Crippen LogP contribution in [0.5, 0.6) is 0 Å². The highest BCUT2D eigenvalue weighted by Gasteiger charge is 2.17. The van der Waals surface area contributed by atoms with Crippen LogP contribution in [0.3, 0.4) is 0 Å². The number of carbonyl (C=O) groups is 2. The number of nitrogens with one attached hydrogen (secondary N) is 2. The summed E-state index contributed by atoms with van der Waals surface area (Å²) in [5.74, 6) is -0.717. The van der Waals surface area contributed by atoms with Gasteiger partial charge in [0.05, 0.1) is 0 Å². The van der Waals surface area contributed by atoms with E-state index in [9.17, 15) is 9.59 Å². The second-order valence-corrected chi connectivity index (χ2v) is 6.02. The standard InChI is InChI=1S/C16H20N4O3S/c1-3-23-10-4-9-17-13(21)15-19-20-16(24-15)14(22)18-12-7-5-11(2)6-8-12/h5-8H,3-4,9-10H2,1-2H3,(H,17,21)(H,18,22). The van der Waals surface area contributed by atoms with Gasteiger partial charge in [-0.1, -0.05) is 29.0 Å². The minimum atomic E-state index is -0.383. The van der Waals surface area contributed by atoms with Gasteiger partial charge >= 0.3 is 0 Å². The molecule has 0 bridgehead atoms. The van der Waals surface area contributed by atoms with Gasteiger partial charge in [-0.25, -0.2) is 0 Å². The minimum Gasteiger partial charge on any atom is -0.382 e. The molecule has 0 atom stereocenters. The Hall–Kier alpha value is -2.32. The second-order valence-electron chi connectivity index (χ2n) is 5.04. The van der Waals surface area contributed by atoms with Gasteiger partial charge in [0.25, 0.3) is 11.8 Å². The first kappa shape index (κ1) is 18.0. The van der Waals surface area contributed by atoms with Gasteiger partial charge in [0.2, 0.25) is 10.0 Å². The van der Waals surface area contributed by atoms with Crippen molar-refractivity contribution in [3.8, 4) is 0 Å². The average Bonchev–Trinajstić information content (AvgIpc) is 3.07. The highest BCUT2D eigenvalue weighted by Crippen LogP contribution is 2.14. The van der Waals surface area contributed by atoms with E-state index in [-0.39, 0.29) is 21.8 Å². The predicted molar refractivity (Wildman–Crippen MR) is 92.5 cm³/mol. The van der Waals surface area contributed by atoms with Crippen LogP contribution in [0, 0.1) is 6.92 Å². The van der Waals surface area contributed by atoms with Crippen LogP contribution in [0.15, 0.2) is 24.3 Å². The number of aryl methyl sites for hydroxylation is 1. The molecule has 0 spiro atoms. The topological polar surface area (TPSA) is 93.2 Å². The molecule has 2 N–H and O–H groups in total. The van der Waals surface area contributed by atoms with Crippen molar-refractivity contribution >= 4 is 28.8 Å². The van der Waals surface area contributed by atoms with Gasteiger partial charge in [0, 0.05) is 25.4 Å². The number of hydrogen-bond donors (Lipinski definition) is 2. The van der Waals surface area contributed by atoms with Crippen molar-refractivity contribution in [2.45, 2.75) is 20.3 Å². The molecule has 7 nitrogen and oxygen atoms in total. The van der Waals surface area contributed by atoms with Gasteiger partial charge in [-0.05, 0) is 32.4 Å². The minimum absolute atomic E-state index is 0.148. The molecule has 1 aromatic heterocycles. The van der Waals surface area contributed by atoms with Gasteiger partial charge in [-0.3, -0.25) is 9.59 Å². The van der Waals surface area contributed by atoms with Gasteiger partial charge in [0.15, 0.2) is 0 Å². The molecule has 2 aromatic rings. The Kier molecular flexibility index (Phi) is 6.83. The Morgan fingerprint density at radius 3 is 2.46 bits per heavy atom. The number of amides is 2. The number of benzene rings is 1. The van der Waals surface area contributed by atoms with Crippen LogP contribution in [0.25, 0.3) is 0 Å². The molecule has 2 rings (SSSR count). The summed E-state index contributed by atoms with van der Waals surface area (Å²) in [6.45, 7) is 5.63. The molecular weight excluding hydrogens is 328 g/mol. The summed E-state index contributed by atoms with van der Waals surface area (Å²) in [5.41, 5.74) is 1.77. The summed E-state index contributed by atoms with van der Waals surface area (Å²) in [5, 5.41) is 13.3. The third-order valence-electron chi connectivity index (χ3n) is 3.08. The molecule has 24 heavy (non-hydrogen) atoms. The fourth-order valence-electron chi connectivity index (χ4n) is 1.82. The Labute approximate surface area is 144 Å². The van der Waals surface area contributed by atoms with Crippen LogP contribution in [-0.2, 0) is 4.74 Å². The molecule has 0 saturated carbocycles. The van der Waals surface area contributed by atoms with Gasteiger partial charge < -0.3 is 15.4 Å². The Morgan fingerprint density at radius 1 is 1.12 bits per heavy atom. The zero-order valence-corrected chi connectivity index (χ0v) is 14.5. The molecule has 8 heteroatoms. The van der Waals surface area contributed by atoms with E-state index in [4.69, 9.17) is 4.74 Å². The largest absolute Gasteiger partial charge is 0.382 e. The number of nitrogens with zero attached hydrogens (tertiary/aromatic N) is 2. The van der Waals surface area contributed by atoms with E-state index >= 15 is 0 Å².